The molecule has 0 aliphatic heterocycles. The first kappa shape index (κ1) is 15.7. The van der Waals surface area contributed by atoms with E-state index in [1.165, 1.54) is 24.3 Å². The fourth-order valence-corrected chi connectivity index (χ4v) is 2.04. The van der Waals surface area contributed by atoms with Crippen LogP contribution in [0.5, 0.6) is 5.75 Å². The number of amides is 1. The number of nitrogens with zero attached hydrogens (tertiary/aromatic N) is 2. The summed E-state index contributed by atoms with van der Waals surface area (Å²) in [4.78, 5) is 16.4. The van der Waals surface area contributed by atoms with Gasteiger partial charge in [-0.15, -0.1) is 0 Å². The Hall–Kier alpha value is -3.22. The van der Waals surface area contributed by atoms with E-state index in [0.717, 1.165) is 0 Å². The zero-order chi connectivity index (χ0) is 16.9. The molecule has 6 nitrogen and oxygen atoms in total. The Morgan fingerprint density at radius 2 is 2.04 bits per heavy atom. The molecule has 2 aromatic heterocycles. The second kappa shape index (κ2) is 6.91. The normalized spacial score (nSPS) is 10.4. The quantitative estimate of drug-likeness (QED) is 0.777. The molecule has 0 saturated carbocycles. The van der Waals surface area contributed by atoms with Gasteiger partial charge >= 0.3 is 0 Å². The predicted molar refractivity (Wildman–Crippen MR) is 84.2 cm³/mol. The molecule has 2 heterocycles. The third-order valence-corrected chi connectivity index (χ3v) is 3.30. The Kier molecular flexibility index (Phi) is 4.51. The summed E-state index contributed by atoms with van der Waals surface area (Å²) < 4.78 is 23.6. The van der Waals surface area contributed by atoms with E-state index in [1.54, 1.807) is 31.3 Å². The summed E-state index contributed by atoms with van der Waals surface area (Å²) >= 11 is 0. The van der Waals surface area contributed by atoms with Gasteiger partial charge < -0.3 is 14.6 Å². The number of hydrogen-bond acceptors (Lipinski definition) is 5. The van der Waals surface area contributed by atoms with Crippen molar-refractivity contribution in [3.05, 3.63) is 71.5 Å². The van der Waals surface area contributed by atoms with Crippen LogP contribution in [-0.2, 0) is 6.61 Å². The lowest BCUT2D eigenvalue weighted by Crippen LogP contribution is -2.16. The van der Waals surface area contributed by atoms with E-state index in [0.29, 0.717) is 22.9 Å². The van der Waals surface area contributed by atoms with Gasteiger partial charge in [-0.2, -0.15) is 0 Å². The summed E-state index contributed by atoms with van der Waals surface area (Å²) in [7, 11) is 0. The molecular formula is C17H14FN3O3. The van der Waals surface area contributed by atoms with Crippen LogP contribution in [0.3, 0.4) is 0 Å². The standard InChI is InChI=1S/C17H14FN3O3/c1-11-14(10-23-13-7-5-12(18)6-8-13)16(21-24-11)17(22)20-15-4-2-3-9-19-15/h2-9H,10H2,1H3,(H,19,20,22). The Morgan fingerprint density at radius 3 is 2.75 bits per heavy atom. The molecule has 3 rings (SSSR count). The van der Waals surface area contributed by atoms with Crippen molar-refractivity contribution in [3.8, 4) is 5.75 Å². The minimum absolute atomic E-state index is 0.0753. The van der Waals surface area contributed by atoms with E-state index in [9.17, 15) is 9.18 Å². The van der Waals surface area contributed by atoms with Gasteiger partial charge in [0.05, 0.1) is 5.56 Å². The zero-order valence-electron chi connectivity index (χ0n) is 12.8. The predicted octanol–water partition coefficient (Wildman–Crippen LogP) is 3.35. The number of anilines is 1. The highest BCUT2D eigenvalue weighted by Gasteiger charge is 2.20. The van der Waals surface area contributed by atoms with Gasteiger partial charge in [0.1, 0.15) is 29.8 Å². The maximum absolute atomic E-state index is 12.9. The summed E-state index contributed by atoms with van der Waals surface area (Å²) in [5.41, 5.74) is 0.646. The molecule has 0 atom stereocenters. The molecule has 1 aromatic carbocycles. The number of pyridine rings is 1. The number of hydrogen-bond donors (Lipinski definition) is 1. The number of rotatable bonds is 5. The van der Waals surface area contributed by atoms with Crippen LogP contribution in [-0.4, -0.2) is 16.0 Å². The van der Waals surface area contributed by atoms with E-state index in [2.05, 4.69) is 15.5 Å². The van der Waals surface area contributed by atoms with Crippen LogP contribution >= 0.6 is 0 Å². The average molecular weight is 327 g/mol. The molecule has 0 fully saturated rings. The van der Waals surface area contributed by atoms with Crippen LogP contribution in [0.2, 0.25) is 0 Å². The van der Waals surface area contributed by atoms with E-state index in [-0.39, 0.29) is 18.1 Å². The first-order valence-electron chi connectivity index (χ1n) is 7.19. The van der Waals surface area contributed by atoms with Crippen LogP contribution in [0.25, 0.3) is 0 Å². The number of carbonyl (C=O) groups is 1. The Labute approximate surface area is 137 Å². The van der Waals surface area contributed by atoms with Crippen molar-refractivity contribution >= 4 is 11.7 Å². The first-order chi connectivity index (χ1) is 11.6. The van der Waals surface area contributed by atoms with Gasteiger partial charge in [-0.05, 0) is 43.3 Å². The number of aryl methyl sites for hydroxylation is 1. The van der Waals surface area contributed by atoms with E-state index in [4.69, 9.17) is 9.26 Å². The SMILES string of the molecule is Cc1onc(C(=O)Nc2ccccn2)c1COc1ccc(F)cc1. The minimum Gasteiger partial charge on any atom is -0.489 e. The van der Waals surface area contributed by atoms with Gasteiger partial charge in [0.15, 0.2) is 5.69 Å². The van der Waals surface area contributed by atoms with Crippen molar-refractivity contribution in [2.45, 2.75) is 13.5 Å². The first-order valence-corrected chi connectivity index (χ1v) is 7.19. The highest BCUT2D eigenvalue weighted by atomic mass is 19.1. The maximum atomic E-state index is 12.9. The van der Waals surface area contributed by atoms with Crippen molar-refractivity contribution in [2.75, 3.05) is 5.32 Å². The van der Waals surface area contributed by atoms with Gasteiger partial charge in [0, 0.05) is 6.20 Å². The monoisotopic (exact) mass is 327 g/mol. The molecule has 122 valence electrons. The molecule has 0 bridgehead atoms. The number of ether oxygens (including phenoxy) is 1. The van der Waals surface area contributed by atoms with Crippen molar-refractivity contribution in [2.24, 2.45) is 0 Å². The van der Waals surface area contributed by atoms with Gasteiger partial charge in [-0.3, -0.25) is 4.79 Å². The Balaban J connectivity index is 1.73. The molecular weight excluding hydrogens is 313 g/mol. The van der Waals surface area contributed by atoms with Gasteiger partial charge in [-0.25, -0.2) is 9.37 Å². The van der Waals surface area contributed by atoms with Crippen LogP contribution in [0.1, 0.15) is 21.8 Å². The molecule has 0 radical (unpaired) electrons. The number of nitrogens with one attached hydrogen (secondary N) is 1. The Bertz CT molecular complexity index is 832. The smallest absolute Gasteiger partial charge is 0.279 e. The second-order valence-corrected chi connectivity index (χ2v) is 4.98. The van der Waals surface area contributed by atoms with E-state index in [1.807, 2.05) is 0 Å². The molecule has 0 unspecified atom stereocenters. The highest BCUT2D eigenvalue weighted by molar-refractivity contribution is 6.03. The van der Waals surface area contributed by atoms with Crippen LogP contribution in [0.15, 0.2) is 53.2 Å². The molecule has 1 N–H and O–H groups in total. The topological polar surface area (TPSA) is 77.3 Å². The number of benzene rings is 1. The molecule has 1 amide bonds. The number of carbonyl (C=O) groups excluding carboxylic acids is 1. The summed E-state index contributed by atoms with van der Waals surface area (Å²) in [6.45, 7) is 1.76. The zero-order valence-corrected chi connectivity index (χ0v) is 12.8. The number of aromatic nitrogens is 2. The maximum Gasteiger partial charge on any atom is 0.279 e. The summed E-state index contributed by atoms with van der Waals surface area (Å²) in [6, 6.07) is 10.8. The Morgan fingerprint density at radius 1 is 1.25 bits per heavy atom. The summed E-state index contributed by atoms with van der Waals surface area (Å²) in [5, 5.41) is 6.42. The molecule has 0 aliphatic rings. The highest BCUT2D eigenvalue weighted by Crippen LogP contribution is 2.19. The van der Waals surface area contributed by atoms with Gasteiger partial charge in [0.2, 0.25) is 0 Å². The second-order valence-electron chi connectivity index (χ2n) is 4.98. The third kappa shape index (κ3) is 3.57. The van der Waals surface area contributed by atoms with Gasteiger partial charge in [-0.1, -0.05) is 11.2 Å². The van der Waals surface area contributed by atoms with E-state index >= 15 is 0 Å². The molecule has 3 aromatic rings. The van der Waals surface area contributed by atoms with Crippen LogP contribution in [0, 0.1) is 12.7 Å². The van der Waals surface area contributed by atoms with Crippen LogP contribution in [0.4, 0.5) is 10.2 Å². The van der Waals surface area contributed by atoms with Gasteiger partial charge in [0.25, 0.3) is 5.91 Å². The number of halogens is 1. The van der Waals surface area contributed by atoms with Crippen LogP contribution < -0.4 is 10.1 Å². The molecule has 0 spiro atoms. The van der Waals surface area contributed by atoms with Crippen molar-refractivity contribution in [1.82, 2.24) is 10.1 Å². The van der Waals surface area contributed by atoms with Crippen molar-refractivity contribution in [3.63, 3.8) is 0 Å². The third-order valence-electron chi connectivity index (χ3n) is 3.30. The largest absolute Gasteiger partial charge is 0.489 e. The fourth-order valence-electron chi connectivity index (χ4n) is 2.04. The minimum atomic E-state index is -0.441. The summed E-state index contributed by atoms with van der Waals surface area (Å²) in [6.07, 6.45) is 1.57. The summed E-state index contributed by atoms with van der Waals surface area (Å²) in [5.74, 6) is 0.576. The molecule has 0 saturated heterocycles. The average Bonchev–Trinajstić information content (AvgIpc) is 2.96. The lowest BCUT2D eigenvalue weighted by Gasteiger charge is -2.07. The van der Waals surface area contributed by atoms with Crippen molar-refractivity contribution in [1.29, 1.82) is 0 Å². The molecule has 24 heavy (non-hydrogen) atoms. The lowest BCUT2D eigenvalue weighted by atomic mass is 10.2. The fraction of sp³-hybridized carbons (Fsp3) is 0.118. The van der Waals surface area contributed by atoms with Crippen molar-refractivity contribution < 1.29 is 18.4 Å². The molecule has 7 heteroatoms. The van der Waals surface area contributed by atoms with E-state index < -0.39 is 5.91 Å². The lowest BCUT2D eigenvalue weighted by molar-refractivity contribution is 0.101. The molecule has 0 aliphatic carbocycles.